The Morgan fingerprint density at radius 3 is 2.74 bits per heavy atom. The van der Waals surface area contributed by atoms with Gasteiger partial charge in [-0.2, -0.15) is 0 Å². The zero-order valence-corrected chi connectivity index (χ0v) is 13.8. The Bertz CT molecular complexity index is 653. The molecule has 1 aromatic heterocycles. The minimum atomic E-state index is -0.602. The van der Waals surface area contributed by atoms with Crippen LogP contribution < -0.4 is 15.8 Å². The van der Waals surface area contributed by atoms with Crippen molar-refractivity contribution in [2.75, 3.05) is 13.2 Å². The first-order valence-electron chi connectivity index (χ1n) is 7.07. The van der Waals surface area contributed by atoms with E-state index in [9.17, 15) is 4.79 Å². The van der Waals surface area contributed by atoms with Crippen LogP contribution >= 0.6 is 23.2 Å². The van der Waals surface area contributed by atoms with Gasteiger partial charge >= 0.3 is 0 Å². The van der Waals surface area contributed by atoms with Crippen molar-refractivity contribution in [1.29, 1.82) is 0 Å². The molecular formula is C16H17Cl2N3O2. The molecule has 0 aliphatic carbocycles. The second-order valence-corrected chi connectivity index (χ2v) is 5.72. The van der Waals surface area contributed by atoms with E-state index in [-0.39, 0.29) is 18.4 Å². The van der Waals surface area contributed by atoms with Gasteiger partial charge in [-0.1, -0.05) is 53.5 Å². The molecule has 0 radical (unpaired) electrons. The first-order chi connectivity index (χ1) is 11.1. The van der Waals surface area contributed by atoms with Crippen LogP contribution in [-0.2, 0) is 11.2 Å². The SMILES string of the molecule is NC(Cc1ccccc1)C(=O)NCCOc1ncc(Cl)cc1Cl. The van der Waals surface area contributed by atoms with Gasteiger partial charge in [0, 0.05) is 6.20 Å². The summed E-state index contributed by atoms with van der Waals surface area (Å²) in [6.45, 7) is 0.542. The lowest BCUT2D eigenvalue weighted by Crippen LogP contribution is -2.43. The largest absolute Gasteiger partial charge is 0.475 e. The van der Waals surface area contributed by atoms with Crippen LogP contribution in [0.5, 0.6) is 5.88 Å². The summed E-state index contributed by atoms with van der Waals surface area (Å²) in [7, 11) is 0. The Hall–Kier alpha value is -1.82. The maximum atomic E-state index is 11.9. The Morgan fingerprint density at radius 2 is 2.04 bits per heavy atom. The molecule has 1 heterocycles. The minimum absolute atomic E-state index is 0.229. The monoisotopic (exact) mass is 353 g/mol. The standard InChI is InChI=1S/C16H17Cl2N3O2/c17-12-9-13(18)16(21-10-12)23-7-6-20-15(22)14(19)8-11-4-2-1-3-5-11/h1-5,9-10,14H,6-8,19H2,(H,20,22). The summed E-state index contributed by atoms with van der Waals surface area (Å²) >= 11 is 11.7. The van der Waals surface area contributed by atoms with Crippen LogP contribution in [0.25, 0.3) is 0 Å². The van der Waals surface area contributed by atoms with Crippen LogP contribution in [0, 0.1) is 0 Å². The average Bonchev–Trinajstić information content (AvgIpc) is 2.54. The van der Waals surface area contributed by atoms with Crippen molar-refractivity contribution in [1.82, 2.24) is 10.3 Å². The fourth-order valence-electron chi connectivity index (χ4n) is 1.92. The average molecular weight is 354 g/mol. The molecule has 5 nitrogen and oxygen atoms in total. The number of benzene rings is 1. The summed E-state index contributed by atoms with van der Waals surface area (Å²) in [4.78, 5) is 15.9. The molecule has 0 aliphatic heterocycles. The van der Waals surface area contributed by atoms with Gasteiger partial charge in [0.25, 0.3) is 0 Å². The molecule has 0 saturated carbocycles. The quantitative estimate of drug-likeness (QED) is 0.749. The molecule has 122 valence electrons. The second kappa shape index (κ2) is 8.72. The van der Waals surface area contributed by atoms with Gasteiger partial charge in [0.2, 0.25) is 11.8 Å². The van der Waals surface area contributed by atoms with Gasteiger partial charge in [-0.25, -0.2) is 4.98 Å². The van der Waals surface area contributed by atoms with Crippen molar-refractivity contribution in [2.45, 2.75) is 12.5 Å². The van der Waals surface area contributed by atoms with E-state index in [2.05, 4.69) is 10.3 Å². The molecular weight excluding hydrogens is 337 g/mol. The van der Waals surface area contributed by atoms with Crippen LogP contribution in [0.15, 0.2) is 42.6 Å². The Morgan fingerprint density at radius 1 is 1.30 bits per heavy atom. The number of nitrogens with two attached hydrogens (primary N) is 1. The number of aromatic nitrogens is 1. The molecule has 1 amide bonds. The number of carbonyl (C=O) groups is 1. The highest BCUT2D eigenvalue weighted by Gasteiger charge is 2.13. The van der Waals surface area contributed by atoms with E-state index >= 15 is 0 Å². The number of nitrogens with zero attached hydrogens (tertiary/aromatic N) is 1. The number of hydrogen-bond acceptors (Lipinski definition) is 4. The van der Waals surface area contributed by atoms with Crippen LogP contribution in [0.3, 0.4) is 0 Å². The summed E-state index contributed by atoms with van der Waals surface area (Å²) in [6.07, 6.45) is 1.93. The van der Waals surface area contributed by atoms with E-state index in [1.165, 1.54) is 6.20 Å². The maximum absolute atomic E-state index is 11.9. The number of amides is 1. The lowest BCUT2D eigenvalue weighted by atomic mass is 10.1. The molecule has 2 rings (SSSR count). The summed E-state index contributed by atoms with van der Waals surface area (Å²) in [6, 6.07) is 10.6. The number of halogens is 2. The zero-order valence-electron chi connectivity index (χ0n) is 12.3. The predicted molar refractivity (Wildman–Crippen MR) is 90.9 cm³/mol. The summed E-state index contributed by atoms with van der Waals surface area (Å²) in [5.41, 5.74) is 6.90. The highest BCUT2D eigenvalue weighted by Crippen LogP contribution is 2.24. The van der Waals surface area contributed by atoms with Crippen molar-refractivity contribution in [3.63, 3.8) is 0 Å². The maximum Gasteiger partial charge on any atom is 0.237 e. The van der Waals surface area contributed by atoms with Gasteiger partial charge in [0.15, 0.2) is 0 Å². The van der Waals surface area contributed by atoms with Crippen molar-refractivity contribution in [3.05, 3.63) is 58.2 Å². The number of pyridine rings is 1. The van der Waals surface area contributed by atoms with E-state index in [1.54, 1.807) is 6.07 Å². The van der Waals surface area contributed by atoms with Crippen molar-refractivity contribution >= 4 is 29.1 Å². The molecule has 0 aliphatic rings. The number of carbonyl (C=O) groups excluding carboxylic acids is 1. The zero-order chi connectivity index (χ0) is 16.7. The number of rotatable bonds is 7. The highest BCUT2D eigenvalue weighted by atomic mass is 35.5. The second-order valence-electron chi connectivity index (χ2n) is 4.88. The third-order valence-corrected chi connectivity index (χ3v) is 3.53. The molecule has 23 heavy (non-hydrogen) atoms. The third kappa shape index (κ3) is 5.71. The van der Waals surface area contributed by atoms with Crippen molar-refractivity contribution in [3.8, 4) is 5.88 Å². The number of nitrogens with one attached hydrogen (secondary N) is 1. The first-order valence-corrected chi connectivity index (χ1v) is 7.83. The fraction of sp³-hybridized carbons (Fsp3) is 0.250. The number of ether oxygens (including phenoxy) is 1. The van der Waals surface area contributed by atoms with Gasteiger partial charge in [0.05, 0.1) is 17.6 Å². The van der Waals surface area contributed by atoms with Gasteiger partial charge in [0.1, 0.15) is 11.6 Å². The van der Waals surface area contributed by atoms with Gasteiger partial charge in [-0.05, 0) is 18.1 Å². The first kappa shape index (κ1) is 17.5. The molecule has 3 N–H and O–H groups in total. The van der Waals surface area contributed by atoms with Gasteiger partial charge in [-0.3, -0.25) is 4.79 Å². The molecule has 1 aromatic carbocycles. The van der Waals surface area contributed by atoms with Crippen LogP contribution in [0.4, 0.5) is 0 Å². The molecule has 2 aromatic rings. The minimum Gasteiger partial charge on any atom is -0.475 e. The van der Waals surface area contributed by atoms with Crippen molar-refractivity contribution in [2.24, 2.45) is 5.73 Å². The topological polar surface area (TPSA) is 77.2 Å². The third-order valence-electron chi connectivity index (χ3n) is 3.05. The van der Waals surface area contributed by atoms with E-state index in [4.69, 9.17) is 33.7 Å². The number of hydrogen-bond donors (Lipinski definition) is 2. The van der Waals surface area contributed by atoms with E-state index in [0.717, 1.165) is 5.56 Å². The van der Waals surface area contributed by atoms with E-state index in [0.29, 0.717) is 23.0 Å². The predicted octanol–water partition coefficient (Wildman–Crippen LogP) is 2.45. The van der Waals surface area contributed by atoms with Crippen molar-refractivity contribution < 1.29 is 9.53 Å². The molecule has 0 saturated heterocycles. The summed E-state index contributed by atoms with van der Waals surface area (Å²) in [5, 5.41) is 3.47. The molecule has 0 bridgehead atoms. The molecule has 7 heteroatoms. The van der Waals surface area contributed by atoms with Crippen LogP contribution in [0.2, 0.25) is 10.0 Å². The lowest BCUT2D eigenvalue weighted by molar-refractivity contribution is -0.122. The molecule has 0 spiro atoms. The van der Waals surface area contributed by atoms with Crippen LogP contribution in [-0.4, -0.2) is 30.1 Å². The Kier molecular flexibility index (Phi) is 6.65. The Labute approximate surface area is 144 Å². The molecule has 1 unspecified atom stereocenters. The Balaban J connectivity index is 1.72. The molecule has 1 atom stereocenters. The normalized spacial score (nSPS) is 11.8. The van der Waals surface area contributed by atoms with Gasteiger partial charge < -0.3 is 15.8 Å². The van der Waals surface area contributed by atoms with E-state index in [1.807, 2.05) is 30.3 Å². The van der Waals surface area contributed by atoms with Gasteiger partial charge in [-0.15, -0.1) is 0 Å². The fourth-order valence-corrected chi connectivity index (χ4v) is 2.36. The lowest BCUT2D eigenvalue weighted by Gasteiger charge is -2.13. The van der Waals surface area contributed by atoms with E-state index < -0.39 is 6.04 Å². The molecule has 0 fully saturated rings. The van der Waals surface area contributed by atoms with Crippen LogP contribution in [0.1, 0.15) is 5.56 Å². The highest BCUT2D eigenvalue weighted by molar-refractivity contribution is 6.35. The summed E-state index contributed by atoms with van der Waals surface area (Å²) in [5.74, 6) is 0.0477. The smallest absolute Gasteiger partial charge is 0.237 e. The summed E-state index contributed by atoms with van der Waals surface area (Å²) < 4.78 is 5.38.